The first-order valence-corrected chi connectivity index (χ1v) is 10.7. The summed E-state index contributed by atoms with van der Waals surface area (Å²) in [6.45, 7) is 1.74. The molecule has 1 aliphatic heterocycles. The number of anilines is 2. The molecule has 4 nitrogen and oxygen atoms in total. The molecular weight excluding hydrogens is 460 g/mol. The van der Waals surface area contributed by atoms with Crippen LogP contribution in [0, 0.1) is 25.2 Å². The number of carbonyl (C=O) groups is 1. The second-order valence-electron chi connectivity index (χ2n) is 8.64. The van der Waals surface area contributed by atoms with E-state index in [1.165, 1.54) is 9.80 Å². The van der Waals surface area contributed by atoms with Crippen molar-refractivity contribution in [2.24, 2.45) is 5.92 Å². The third kappa shape index (κ3) is 4.43. The van der Waals surface area contributed by atoms with Crippen molar-refractivity contribution >= 4 is 17.4 Å². The summed E-state index contributed by atoms with van der Waals surface area (Å²) in [6.07, 6.45) is -2.94. The molecule has 1 amide bonds. The molecule has 34 heavy (non-hydrogen) atoms. The molecule has 0 N–H and O–H groups in total. The van der Waals surface area contributed by atoms with Gasteiger partial charge < -0.3 is 4.90 Å². The van der Waals surface area contributed by atoms with Crippen molar-refractivity contribution in [2.45, 2.75) is 50.6 Å². The summed E-state index contributed by atoms with van der Waals surface area (Å²) in [4.78, 5) is 19.9. The molecule has 4 rings (SSSR count). The van der Waals surface area contributed by atoms with E-state index in [4.69, 9.17) is 6.42 Å². The Morgan fingerprint density at radius 1 is 1.15 bits per heavy atom. The zero-order chi connectivity index (χ0) is 24.8. The number of hydrogen-bond acceptors (Lipinski definition) is 3. The number of alkyl halides is 6. The number of aryl methyl sites for hydroxylation is 1. The van der Waals surface area contributed by atoms with Crippen LogP contribution < -0.4 is 9.80 Å². The second-order valence-corrected chi connectivity index (χ2v) is 8.64. The third-order valence-electron chi connectivity index (χ3n) is 6.36. The van der Waals surface area contributed by atoms with Gasteiger partial charge in [-0.3, -0.25) is 9.69 Å². The number of piperidine rings is 1. The zero-order valence-corrected chi connectivity index (χ0v) is 18.1. The van der Waals surface area contributed by atoms with Gasteiger partial charge in [0.25, 0.3) is 5.91 Å². The van der Waals surface area contributed by atoms with E-state index in [2.05, 4.69) is 10.9 Å². The highest BCUT2D eigenvalue weighted by Gasteiger charge is 2.52. The lowest BCUT2D eigenvalue weighted by atomic mass is 9.96. The van der Waals surface area contributed by atoms with Crippen molar-refractivity contribution in [3.63, 3.8) is 0 Å². The van der Waals surface area contributed by atoms with Gasteiger partial charge in [0, 0.05) is 11.7 Å². The maximum Gasteiger partial charge on any atom is 0.433 e. The minimum atomic E-state index is -5.08. The minimum Gasteiger partial charge on any atom is -0.341 e. The molecule has 2 heterocycles. The highest BCUT2D eigenvalue weighted by Crippen LogP contribution is 2.47. The van der Waals surface area contributed by atoms with Crippen molar-refractivity contribution in [1.82, 2.24) is 4.98 Å². The van der Waals surface area contributed by atoms with Crippen molar-refractivity contribution < 1.29 is 31.1 Å². The maximum absolute atomic E-state index is 13.7. The maximum atomic E-state index is 13.7. The molecule has 3 atom stereocenters. The summed E-state index contributed by atoms with van der Waals surface area (Å²) in [6, 6.07) is 6.23. The van der Waals surface area contributed by atoms with Crippen LogP contribution in [0.1, 0.15) is 36.1 Å². The van der Waals surface area contributed by atoms with E-state index in [0.29, 0.717) is 31.0 Å². The molecule has 1 saturated carbocycles. The van der Waals surface area contributed by atoms with E-state index in [9.17, 15) is 31.1 Å². The summed E-state index contributed by atoms with van der Waals surface area (Å²) < 4.78 is 80.6. The topological polar surface area (TPSA) is 36.4 Å². The number of carbonyl (C=O) groups excluding carboxylic acids is 1. The number of hydrogen-bond donors (Lipinski definition) is 0. The van der Waals surface area contributed by atoms with Crippen LogP contribution in [0.15, 0.2) is 36.4 Å². The number of fused-ring (bicyclic) bond motifs is 2. The number of terminal acetylenes is 1. The van der Waals surface area contributed by atoms with Crippen LogP contribution in [-0.2, 0) is 17.1 Å². The fraction of sp³-hybridized carbons (Fsp3) is 0.417. The first-order chi connectivity index (χ1) is 15.9. The standard InChI is InChI=1S/C24H21F6N3O/c1-3-9-32(17-6-4-5-14(2)10-17)22(34)21-15-7-8-18(11-15)33(21)20-13-16(23(25,26)27)12-19(31-20)24(28,29)30/h1,4-6,10,12-13,15,18,21H,7-9,11H2,2H3/t15-,18+,21-/m0/s1. The number of halogens is 6. The Morgan fingerprint density at radius 3 is 2.50 bits per heavy atom. The molecule has 1 aliphatic carbocycles. The van der Waals surface area contributed by atoms with E-state index in [0.717, 1.165) is 5.56 Å². The Bertz CT molecular complexity index is 1100. The van der Waals surface area contributed by atoms with Crippen LogP contribution in [0.25, 0.3) is 0 Å². The third-order valence-corrected chi connectivity index (χ3v) is 6.36. The fourth-order valence-corrected chi connectivity index (χ4v) is 4.94. The van der Waals surface area contributed by atoms with Gasteiger partial charge in [0.2, 0.25) is 0 Å². The van der Waals surface area contributed by atoms with Crippen LogP contribution in [0.3, 0.4) is 0 Å². The van der Waals surface area contributed by atoms with Crippen LogP contribution in [0.4, 0.5) is 37.8 Å². The normalized spacial score (nSPS) is 22.1. The number of pyridine rings is 1. The van der Waals surface area contributed by atoms with Crippen LogP contribution >= 0.6 is 0 Å². The van der Waals surface area contributed by atoms with Crippen molar-refractivity contribution in [3.05, 3.63) is 53.2 Å². The zero-order valence-electron chi connectivity index (χ0n) is 18.1. The summed E-state index contributed by atoms with van der Waals surface area (Å²) in [5, 5.41) is 0. The van der Waals surface area contributed by atoms with Crippen molar-refractivity contribution in [3.8, 4) is 12.3 Å². The molecule has 10 heteroatoms. The highest BCUT2D eigenvalue weighted by atomic mass is 19.4. The van der Waals surface area contributed by atoms with Gasteiger partial charge in [0.05, 0.1) is 12.1 Å². The van der Waals surface area contributed by atoms with Crippen LogP contribution in [0.2, 0.25) is 0 Å². The first-order valence-electron chi connectivity index (χ1n) is 10.7. The number of amides is 1. The molecule has 0 spiro atoms. The summed E-state index contributed by atoms with van der Waals surface area (Å²) in [5.74, 6) is 1.22. The SMILES string of the molecule is C#CCN(C(=O)[C@@H]1[C@H]2CC[C@H](C2)N1c1cc(C(F)(F)F)cc(C(F)(F)F)n1)c1cccc(C)c1. The van der Waals surface area contributed by atoms with Crippen LogP contribution in [-0.4, -0.2) is 29.5 Å². The van der Waals surface area contributed by atoms with E-state index < -0.39 is 41.4 Å². The highest BCUT2D eigenvalue weighted by molar-refractivity contribution is 6.00. The lowest BCUT2D eigenvalue weighted by molar-refractivity contribution is -0.145. The Balaban J connectivity index is 1.79. The van der Waals surface area contributed by atoms with Gasteiger partial charge in [-0.1, -0.05) is 18.1 Å². The quantitative estimate of drug-likeness (QED) is 0.431. The summed E-state index contributed by atoms with van der Waals surface area (Å²) in [5.41, 5.74) is -1.73. The van der Waals surface area contributed by atoms with Gasteiger partial charge in [0.15, 0.2) is 0 Å². The lowest BCUT2D eigenvalue weighted by Gasteiger charge is -2.38. The Hall–Kier alpha value is -3.22. The molecule has 2 fully saturated rings. The molecule has 2 bridgehead atoms. The molecule has 0 unspecified atom stereocenters. The average molecular weight is 481 g/mol. The van der Waals surface area contributed by atoms with E-state index in [1.54, 1.807) is 18.2 Å². The number of benzene rings is 1. The second kappa shape index (κ2) is 8.53. The van der Waals surface area contributed by atoms with Gasteiger partial charge in [-0.05, 0) is 61.9 Å². The predicted octanol–water partition coefficient (Wildman–Crippen LogP) is 5.45. The summed E-state index contributed by atoms with van der Waals surface area (Å²) >= 11 is 0. The fourth-order valence-electron chi connectivity index (χ4n) is 4.94. The Kier molecular flexibility index (Phi) is 6.00. The number of aromatic nitrogens is 1. The molecule has 1 aromatic carbocycles. The van der Waals surface area contributed by atoms with E-state index in [1.807, 2.05) is 13.0 Å². The van der Waals surface area contributed by atoms with Crippen molar-refractivity contribution in [2.75, 3.05) is 16.3 Å². The largest absolute Gasteiger partial charge is 0.433 e. The molecule has 1 saturated heterocycles. The lowest BCUT2D eigenvalue weighted by Crippen LogP contribution is -2.52. The molecule has 2 aromatic rings. The van der Waals surface area contributed by atoms with Gasteiger partial charge in [-0.25, -0.2) is 4.98 Å². The van der Waals surface area contributed by atoms with Gasteiger partial charge in [0.1, 0.15) is 17.6 Å². The smallest absolute Gasteiger partial charge is 0.341 e. The molecular formula is C24H21F6N3O. The predicted molar refractivity (Wildman–Crippen MR) is 114 cm³/mol. The monoisotopic (exact) mass is 481 g/mol. The van der Waals surface area contributed by atoms with E-state index in [-0.39, 0.29) is 24.6 Å². The number of nitrogens with zero attached hydrogens (tertiary/aromatic N) is 3. The Morgan fingerprint density at radius 2 is 1.88 bits per heavy atom. The minimum absolute atomic E-state index is 0.00789. The number of rotatable bonds is 4. The average Bonchev–Trinajstić information content (AvgIpc) is 3.37. The van der Waals surface area contributed by atoms with E-state index >= 15 is 0 Å². The van der Waals surface area contributed by atoms with Gasteiger partial charge in [-0.15, -0.1) is 6.42 Å². The molecule has 0 radical (unpaired) electrons. The first kappa shape index (κ1) is 23.9. The molecule has 1 aromatic heterocycles. The van der Waals surface area contributed by atoms with Crippen molar-refractivity contribution in [1.29, 1.82) is 0 Å². The summed E-state index contributed by atoms with van der Waals surface area (Å²) in [7, 11) is 0. The molecule has 180 valence electrons. The van der Waals surface area contributed by atoms with Crippen LogP contribution in [0.5, 0.6) is 0 Å². The van der Waals surface area contributed by atoms with Gasteiger partial charge >= 0.3 is 12.4 Å². The van der Waals surface area contributed by atoms with Gasteiger partial charge in [-0.2, -0.15) is 26.3 Å². The molecule has 2 aliphatic rings. The Labute approximate surface area is 192 Å².